The number of hydrogen-bond donors (Lipinski definition) is 1. The fraction of sp³-hybridized carbons (Fsp3) is 0.250. The Morgan fingerprint density at radius 1 is 1.07 bits per heavy atom. The Balaban J connectivity index is 1.98. The highest BCUT2D eigenvalue weighted by atomic mass is 32.2. The van der Waals surface area contributed by atoms with Gasteiger partial charge in [-0.05, 0) is 54.8 Å². The predicted molar refractivity (Wildman–Crippen MR) is 107 cm³/mol. The van der Waals surface area contributed by atoms with Gasteiger partial charge in [0.1, 0.15) is 19.1 Å². The van der Waals surface area contributed by atoms with Gasteiger partial charge in [0.15, 0.2) is 21.3 Å². The van der Waals surface area contributed by atoms with Gasteiger partial charge in [-0.15, -0.1) is 0 Å². The number of nitrogens with zero attached hydrogens (tertiary/aromatic N) is 1. The molecule has 0 atom stereocenters. The van der Waals surface area contributed by atoms with Gasteiger partial charge in [-0.25, -0.2) is 17.8 Å². The zero-order valence-electron chi connectivity index (χ0n) is 15.6. The number of ether oxygens (including phenoxy) is 2. The second-order valence-corrected chi connectivity index (χ2v) is 8.09. The van der Waals surface area contributed by atoms with Gasteiger partial charge in [0.25, 0.3) is 0 Å². The molecule has 0 aliphatic rings. The average Bonchev–Trinajstić information content (AvgIpc) is 2.66. The maximum absolute atomic E-state index is 12.6. The van der Waals surface area contributed by atoms with Crippen molar-refractivity contribution in [1.82, 2.24) is 4.98 Å². The summed E-state index contributed by atoms with van der Waals surface area (Å²) in [5.74, 6) is 1.55. The number of sulfone groups is 1. The molecule has 1 heterocycles. The number of anilines is 2. The lowest BCUT2D eigenvalue weighted by Crippen LogP contribution is -2.03. The molecule has 0 amide bonds. The van der Waals surface area contributed by atoms with E-state index in [-0.39, 0.29) is 11.5 Å². The van der Waals surface area contributed by atoms with Crippen LogP contribution >= 0.6 is 0 Å². The molecule has 0 bridgehead atoms. The number of halogens is 1. The summed E-state index contributed by atoms with van der Waals surface area (Å²) in [6.45, 7) is 1.65. The molecule has 0 saturated carbocycles. The number of benzene rings is 2. The molecule has 0 radical (unpaired) electrons. The lowest BCUT2D eigenvalue weighted by molar-refractivity contribution is 0.252. The first-order chi connectivity index (χ1) is 13.4. The van der Waals surface area contributed by atoms with Crippen LogP contribution in [0, 0.1) is 0 Å². The van der Waals surface area contributed by atoms with Gasteiger partial charge in [-0.2, -0.15) is 0 Å². The summed E-state index contributed by atoms with van der Waals surface area (Å²) in [6.07, 6.45) is 2.82. The number of aromatic nitrogens is 1. The molecule has 0 unspecified atom stereocenters. The topological polar surface area (TPSA) is 77.5 Å². The number of rotatable bonds is 8. The first-order valence-corrected chi connectivity index (χ1v) is 10.6. The van der Waals surface area contributed by atoms with Crippen molar-refractivity contribution in [2.24, 2.45) is 0 Å². The molecular formula is C20H21FN2O4S. The van der Waals surface area contributed by atoms with Crippen LogP contribution in [0.3, 0.4) is 0 Å². The summed E-state index contributed by atoms with van der Waals surface area (Å²) in [5, 5.41) is 4.83. The summed E-state index contributed by atoms with van der Waals surface area (Å²) in [4.78, 5) is 4.61. The third-order valence-corrected chi connectivity index (χ3v) is 5.14. The summed E-state index contributed by atoms with van der Waals surface area (Å²) in [6, 6.07) is 11.8. The maximum Gasteiger partial charge on any atom is 0.175 e. The highest BCUT2D eigenvalue weighted by Gasteiger charge is 2.12. The fourth-order valence-corrected chi connectivity index (χ4v) is 3.36. The predicted octanol–water partition coefficient (Wildman–Crippen LogP) is 4.13. The second kappa shape index (κ2) is 8.43. The van der Waals surface area contributed by atoms with E-state index in [2.05, 4.69) is 10.3 Å². The zero-order valence-corrected chi connectivity index (χ0v) is 16.4. The number of alkyl halides is 1. The molecule has 0 aliphatic carbocycles. The third kappa shape index (κ3) is 4.51. The Kier molecular flexibility index (Phi) is 5.99. The van der Waals surface area contributed by atoms with E-state index in [1.165, 1.54) is 12.1 Å². The summed E-state index contributed by atoms with van der Waals surface area (Å²) < 4.78 is 46.8. The third-order valence-electron chi connectivity index (χ3n) is 4.01. The van der Waals surface area contributed by atoms with Crippen LogP contribution in [0.15, 0.2) is 53.6 Å². The van der Waals surface area contributed by atoms with E-state index in [1.54, 1.807) is 24.4 Å². The van der Waals surface area contributed by atoms with E-state index in [9.17, 15) is 12.8 Å². The van der Waals surface area contributed by atoms with Crippen molar-refractivity contribution < 1.29 is 22.3 Å². The molecule has 1 aromatic heterocycles. The van der Waals surface area contributed by atoms with Crippen LogP contribution < -0.4 is 14.8 Å². The second-order valence-electron chi connectivity index (χ2n) is 6.07. The Labute approximate surface area is 163 Å². The highest BCUT2D eigenvalue weighted by molar-refractivity contribution is 7.90. The fourth-order valence-electron chi connectivity index (χ4n) is 2.73. The van der Waals surface area contributed by atoms with Crippen molar-refractivity contribution in [2.75, 3.05) is 31.5 Å². The SMILES string of the molecule is CCOc1cc2ccnc(Nc3ccc(S(C)(=O)=O)cc3)c2cc1OCCF. The summed E-state index contributed by atoms with van der Waals surface area (Å²) >= 11 is 0. The van der Waals surface area contributed by atoms with E-state index in [4.69, 9.17) is 9.47 Å². The van der Waals surface area contributed by atoms with E-state index in [0.29, 0.717) is 29.6 Å². The quantitative estimate of drug-likeness (QED) is 0.608. The standard InChI is InChI=1S/C20H21FN2O4S/c1-3-26-18-12-14-8-10-22-20(17(14)13-19(18)27-11-9-21)23-15-4-6-16(7-5-15)28(2,24)25/h4-8,10,12-13H,3,9,11H2,1-2H3,(H,22,23). The van der Waals surface area contributed by atoms with Gasteiger partial charge >= 0.3 is 0 Å². The van der Waals surface area contributed by atoms with Gasteiger partial charge in [0.05, 0.1) is 11.5 Å². The van der Waals surface area contributed by atoms with Gasteiger partial charge in [0.2, 0.25) is 0 Å². The molecule has 3 aromatic rings. The van der Waals surface area contributed by atoms with Gasteiger partial charge < -0.3 is 14.8 Å². The Morgan fingerprint density at radius 2 is 1.79 bits per heavy atom. The molecule has 6 nitrogen and oxygen atoms in total. The van der Waals surface area contributed by atoms with Gasteiger partial charge in [-0.1, -0.05) is 0 Å². The molecule has 8 heteroatoms. The van der Waals surface area contributed by atoms with Crippen LogP contribution in [0.25, 0.3) is 10.8 Å². The number of hydrogen-bond acceptors (Lipinski definition) is 6. The molecular weight excluding hydrogens is 383 g/mol. The van der Waals surface area contributed by atoms with Crippen LogP contribution in [0.5, 0.6) is 11.5 Å². The van der Waals surface area contributed by atoms with Crippen molar-refractivity contribution in [1.29, 1.82) is 0 Å². The van der Waals surface area contributed by atoms with Crippen LogP contribution in [-0.4, -0.2) is 39.5 Å². The minimum Gasteiger partial charge on any atom is -0.490 e. The van der Waals surface area contributed by atoms with E-state index in [0.717, 1.165) is 17.0 Å². The van der Waals surface area contributed by atoms with Crippen molar-refractivity contribution >= 4 is 32.1 Å². The zero-order chi connectivity index (χ0) is 20.1. The lowest BCUT2D eigenvalue weighted by atomic mass is 10.1. The Hall–Kier alpha value is -2.87. The molecule has 148 valence electrons. The van der Waals surface area contributed by atoms with Crippen LogP contribution in [0.4, 0.5) is 15.9 Å². The molecule has 2 aromatic carbocycles. The van der Waals surface area contributed by atoms with E-state index in [1.807, 2.05) is 19.1 Å². The smallest absolute Gasteiger partial charge is 0.175 e. The highest BCUT2D eigenvalue weighted by Crippen LogP contribution is 2.36. The first-order valence-electron chi connectivity index (χ1n) is 8.74. The number of nitrogens with one attached hydrogen (secondary N) is 1. The van der Waals surface area contributed by atoms with E-state index < -0.39 is 16.5 Å². The van der Waals surface area contributed by atoms with Crippen LogP contribution in [-0.2, 0) is 9.84 Å². The van der Waals surface area contributed by atoms with Crippen molar-refractivity contribution in [3.05, 3.63) is 48.7 Å². The summed E-state index contributed by atoms with van der Waals surface area (Å²) in [7, 11) is -3.26. The van der Waals surface area contributed by atoms with Gasteiger partial charge in [-0.3, -0.25) is 0 Å². The molecule has 0 aliphatic heterocycles. The number of fused-ring (bicyclic) bond motifs is 1. The lowest BCUT2D eigenvalue weighted by Gasteiger charge is -2.14. The van der Waals surface area contributed by atoms with Crippen molar-refractivity contribution in [2.45, 2.75) is 11.8 Å². The monoisotopic (exact) mass is 404 g/mol. The largest absolute Gasteiger partial charge is 0.490 e. The average molecular weight is 404 g/mol. The minimum absolute atomic E-state index is 0.0679. The molecule has 0 spiro atoms. The van der Waals surface area contributed by atoms with Crippen LogP contribution in [0.2, 0.25) is 0 Å². The Morgan fingerprint density at radius 3 is 2.43 bits per heavy atom. The van der Waals surface area contributed by atoms with Crippen LogP contribution in [0.1, 0.15) is 6.92 Å². The molecule has 0 fully saturated rings. The maximum atomic E-state index is 12.6. The molecule has 28 heavy (non-hydrogen) atoms. The first kappa shape index (κ1) is 19.9. The molecule has 1 N–H and O–H groups in total. The Bertz CT molecular complexity index is 1070. The molecule has 0 saturated heterocycles. The number of pyridine rings is 1. The minimum atomic E-state index is -3.26. The normalized spacial score (nSPS) is 11.4. The van der Waals surface area contributed by atoms with E-state index >= 15 is 0 Å². The summed E-state index contributed by atoms with van der Waals surface area (Å²) in [5.41, 5.74) is 0.688. The van der Waals surface area contributed by atoms with Crippen molar-refractivity contribution in [3.8, 4) is 11.5 Å². The molecule has 3 rings (SSSR count). The van der Waals surface area contributed by atoms with Crippen molar-refractivity contribution in [3.63, 3.8) is 0 Å². The van der Waals surface area contributed by atoms with Gasteiger partial charge in [0, 0.05) is 23.5 Å².